The van der Waals surface area contributed by atoms with Crippen LogP contribution in [0, 0.1) is 13.8 Å². The smallest absolute Gasteiger partial charge is 0.174 e. The molecule has 6 heteroatoms. The van der Waals surface area contributed by atoms with Gasteiger partial charge in [0, 0.05) is 24.1 Å². The van der Waals surface area contributed by atoms with E-state index in [2.05, 4.69) is 59.0 Å². The van der Waals surface area contributed by atoms with E-state index >= 15 is 0 Å². The maximum Gasteiger partial charge on any atom is 0.174 e. The van der Waals surface area contributed by atoms with Gasteiger partial charge in [0.1, 0.15) is 5.75 Å². The van der Waals surface area contributed by atoms with Gasteiger partial charge in [-0.1, -0.05) is 48.5 Å². The first-order valence-corrected chi connectivity index (χ1v) is 11.4. The van der Waals surface area contributed by atoms with Gasteiger partial charge in [0.15, 0.2) is 5.11 Å². The van der Waals surface area contributed by atoms with Crippen molar-refractivity contribution in [3.05, 3.63) is 113 Å². The van der Waals surface area contributed by atoms with E-state index in [4.69, 9.17) is 12.2 Å². The Balaban J connectivity index is 1.64. The predicted octanol–water partition coefficient (Wildman–Crippen LogP) is 5.43. The second-order valence-corrected chi connectivity index (χ2v) is 8.77. The molecule has 0 spiro atoms. The van der Waals surface area contributed by atoms with Gasteiger partial charge in [-0.2, -0.15) is 0 Å². The highest BCUT2D eigenvalue weighted by Gasteiger charge is 2.42. The van der Waals surface area contributed by atoms with Crippen LogP contribution in [0.25, 0.3) is 0 Å². The van der Waals surface area contributed by atoms with Gasteiger partial charge in [0.2, 0.25) is 0 Å². The van der Waals surface area contributed by atoms with Crippen LogP contribution in [-0.2, 0) is 6.54 Å². The van der Waals surface area contributed by atoms with Crippen molar-refractivity contribution in [3.63, 3.8) is 0 Å². The third-order valence-corrected chi connectivity index (χ3v) is 6.67. The second kappa shape index (κ2) is 8.71. The third kappa shape index (κ3) is 3.87. The SMILES string of the molecule is Cc1cc([C@H]2[C@@H](c3ccccn3)NC(=S)N2c2ccccc2O)c(C)n1Cc1ccccc1. The number of aromatic hydroxyl groups is 1. The van der Waals surface area contributed by atoms with Crippen LogP contribution in [0.15, 0.2) is 85.1 Å². The minimum Gasteiger partial charge on any atom is -0.506 e. The first kappa shape index (κ1) is 21.2. The monoisotopic (exact) mass is 454 g/mol. The maximum atomic E-state index is 10.7. The topological polar surface area (TPSA) is 53.3 Å². The number of para-hydroxylation sites is 2. The lowest BCUT2D eigenvalue weighted by Crippen LogP contribution is -2.29. The van der Waals surface area contributed by atoms with Gasteiger partial charge in [-0.15, -0.1) is 0 Å². The number of nitrogens with zero attached hydrogens (tertiary/aromatic N) is 3. The fraction of sp³-hybridized carbons (Fsp3) is 0.185. The van der Waals surface area contributed by atoms with Crippen LogP contribution in [0.3, 0.4) is 0 Å². The fourth-order valence-corrected chi connectivity index (χ4v) is 5.07. The van der Waals surface area contributed by atoms with Gasteiger partial charge in [0.05, 0.1) is 23.5 Å². The Bertz CT molecular complexity index is 1290. The highest BCUT2D eigenvalue weighted by atomic mass is 32.1. The Hall–Kier alpha value is -3.64. The summed E-state index contributed by atoms with van der Waals surface area (Å²) >= 11 is 5.79. The van der Waals surface area contributed by atoms with Gasteiger partial charge >= 0.3 is 0 Å². The summed E-state index contributed by atoms with van der Waals surface area (Å²) in [5.74, 6) is 0.200. The number of phenols is 1. The lowest BCUT2D eigenvalue weighted by molar-refractivity contribution is 0.472. The molecule has 0 radical (unpaired) electrons. The van der Waals surface area contributed by atoms with Crippen molar-refractivity contribution in [2.45, 2.75) is 32.5 Å². The van der Waals surface area contributed by atoms with Crippen LogP contribution in [0.5, 0.6) is 5.75 Å². The number of rotatable bonds is 5. The number of aryl methyl sites for hydroxylation is 1. The quantitative estimate of drug-likeness (QED) is 0.394. The number of hydrogen-bond acceptors (Lipinski definition) is 3. The number of thiocarbonyl (C=S) groups is 1. The van der Waals surface area contributed by atoms with Crippen LogP contribution in [0.4, 0.5) is 5.69 Å². The number of benzene rings is 2. The van der Waals surface area contributed by atoms with Crippen molar-refractivity contribution in [2.24, 2.45) is 0 Å². The molecule has 0 aliphatic carbocycles. The highest BCUT2D eigenvalue weighted by Crippen LogP contribution is 2.45. The number of pyridine rings is 1. The van der Waals surface area contributed by atoms with Crippen molar-refractivity contribution < 1.29 is 5.11 Å². The zero-order valence-electron chi connectivity index (χ0n) is 18.6. The Morgan fingerprint density at radius 2 is 1.70 bits per heavy atom. The summed E-state index contributed by atoms with van der Waals surface area (Å²) in [6.45, 7) is 5.10. The number of nitrogens with one attached hydrogen (secondary N) is 1. The molecule has 166 valence electrons. The van der Waals surface area contributed by atoms with Crippen molar-refractivity contribution in [2.75, 3.05) is 4.90 Å². The molecule has 1 fully saturated rings. The normalized spacial score (nSPS) is 17.9. The molecule has 2 aromatic carbocycles. The Kier molecular flexibility index (Phi) is 5.60. The molecule has 1 aliphatic rings. The standard InChI is InChI=1S/C27H26N4OS/c1-18-16-21(19(2)30(18)17-20-10-4-3-5-11-20)26-25(22-12-8-9-15-28-22)29-27(33)31(26)23-13-6-7-14-24(23)32/h3-16,25-26,32H,17H2,1-2H3,(H,29,33)/t25-,26+/m1/s1. The van der Waals surface area contributed by atoms with E-state index in [1.165, 1.54) is 17.0 Å². The minimum atomic E-state index is -0.156. The largest absolute Gasteiger partial charge is 0.506 e. The Morgan fingerprint density at radius 3 is 2.42 bits per heavy atom. The van der Waals surface area contributed by atoms with E-state index in [9.17, 15) is 5.11 Å². The number of hydrogen-bond donors (Lipinski definition) is 2. The molecule has 1 aliphatic heterocycles. The second-order valence-electron chi connectivity index (χ2n) is 8.38. The van der Waals surface area contributed by atoms with Crippen LogP contribution in [-0.4, -0.2) is 19.8 Å². The van der Waals surface area contributed by atoms with E-state index < -0.39 is 0 Å². The average molecular weight is 455 g/mol. The maximum absolute atomic E-state index is 10.7. The molecule has 0 unspecified atom stereocenters. The highest BCUT2D eigenvalue weighted by molar-refractivity contribution is 7.80. The molecule has 5 nitrogen and oxygen atoms in total. The molecule has 2 atom stereocenters. The molecular formula is C27H26N4OS. The van der Waals surface area contributed by atoms with Crippen molar-refractivity contribution in [3.8, 4) is 5.75 Å². The lowest BCUT2D eigenvalue weighted by Gasteiger charge is -2.28. The van der Waals surface area contributed by atoms with Crippen molar-refractivity contribution >= 4 is 23.0 Å². The molecule has 1 saturated heterocycles. The number of aromatic nitrogens is 2. The molecule has 3 heterocycles. The summed E-state index contributed by atoms with van der Waals surface area (Å²) in [5, 5.41) is 14.7. The number of anilines is 1. The van der Waals surface area contributed by atoms with Crippen LogP contribution in [0.1, 0.15) is 40.3 Å². The van der Waals surface area contributed by atoms with Crippen molar-refractivity contribution in [1.29, 1.82) is 0 Å². The molecule has 4 aromatic rings. The van der Waals surface area contributed by atoms with E-state index in [0.717, 1.165) is 17.8 Å². The van der Waals surface area contributed by atoms with E-state index in [1.807, 2.05) is 47.4 Å². The number of phenolic OH excluding ortho intramolecular Hbond substituents is 1. The molecule has 0 saturated carbocycles. The van der Waals surface area contributed by atoms with Gasteiger partial charge in [-0.25, -0.2) is 0 Å². The van der Waals surface area contributed by atoms with Gasteiger partial charge in [-0.3, -0.25) is 4.98 Å². The van der Waals surface area contributed by atoms with Crippen LogP contribution in [0.2, 0.25) is 0 Å². The summed E-state index contributed by atoms with van der Waals surface area (Å²) in [6.07, 6.45) is 1.80. The lowest BCUT2D eigenvalue weighted by atomic mass is 9.96. The zero-order chi connectivity index (χ0) is 22.9. The summed E-state index contributed by atoms with van der Waals surface area (Å²) in [4.78, 5) is 6.66. The minimum absolute atomic E-state index is 0.149. The van der Waals surface area contributed by atoms with E-state index in [0.29, 0.717) is 10.8 Å². The predicted molar refractivity (Wildman–Crippen MR) is 135 cm³/mol. The first-order valence-electron chi connectivity index (χ1n) is 11.0. The first-order chi connectivity index (χ1) is 16.0. The summed E-state index contributed by atoms with van der Waals surface area (Å²) in [5.41, 5.74) is 6.37. The molecule has 0 bridgehead atoms. The van der Waals surface area contributed by atoms with E-state index in [1.54, 1.807) is 12.3 Å². The van der Waals surface area contributed by atoms with Crippen LogP contribution >= 0.6 is 12.2 Å². The molecule has 2 N–H and O–H groups in total. The van der Waals surface area contributed by atoms with Crippen LogP contribution < -0.4 is 10.2 Å². The Morgan fingerprint density at radius 1 is 0.970 bits per heavy atom. The fourth-order valence-electron chi connectivity index (χ4n) is 4.73. The Labute approximate surface area is 199 Å². The summed E-state index contributed by atoms with van der Waals surface area (Å²) in [7, 11) is 0. The van der Waals surface area contributed by atoms with Gasteiger partial charge in [-0.05, 0) is 67.5 Å². The molecule has 5 rings (SSSR count). The zero-order valence-corrected chi connectivity index (χ0v) is 19.5. The van der Waals surface area contributed by atoms with E-state index in [-0.39, 0.29) is 17.8 Å². The van der Waals surface area contributed by atoms with Crippen molar-refractivity contribution in [1.82, 2.24) is 14.9 Å². The molecule has 0 amide bonds. The molecule has 33 heavy (non-hydrogen) atoms. The molecular weight excluding hydrogens is 428 g/mol. The van der Waals surface area contributed by atoms with Gasteiger partial charge in [0.25, 0.3) is 0 Å². The summed E-state index contributed by atoms with van der Waals surface area (Å²) in [6, 6.07) is 25.7. The average Bonchev–Trinajstić information content (AvgIpc) is 3.31. The molecule has 2 aromatic heterocycles. The summed E-state index contributed by atoms with van der Waals surface area (Å²) < 4.78 is 2.34. The van der Waals surface area contributed by atoms with Gasteiger partial charge < -0.3 is 19.9 Å². The third-order valence-electron chi connectivity index (χ3n) is 6.35.